The highest BCUT2D eigenvalue weighted by Gasteiger charge is 2.25. The number of nitrogens with zero attached hydrogens (tertiary/aromatic N) is 4. The predicted octanol–water partition coefficient (Wildman–Crippen LogP) is 1.89. The number of hydrogen-bond donors (Lipinski definition) is 0. The molecule has 0 saturated carbocycles. The summed E-state index contributed by atoms with van der Waals surface area (Å²) in [6.45, 7) is 4.04. The fraction of sp³-hybridized carbons (Fsp3) is 0.571. The second-order valence-corrected chi connectivity index (χ2v) is 11.0. The number of non-ortho nitro benzene ring substituents is 1. The summed E-state index contributed by atoms with van der Waals surface area (Å²) < 4.78 is 32.7. The number of sulfone groups is 1. The molecule has 0 spiro atoms. The Morgan fingerprint density at radius 1 is 1.18 bits per heavy atom. The van der Waals surface area contributed by atoms with Crippen LogP contribution in [0.5, 0.6) is 0 Å². The van der Waals surface area contributed by atoms with E-state index in [-0.39, 0.29) is 10.5 Å². The van der Waals surface area contributed by atoms with E-state index < -0.39 is 38.1 Å². The van der Waals surface area contributed by atoms with Crippen molar-refractivity contribution in [3.63, 3.8) is 0 Å². The number of benzene rings is 1. The van der Waals surface area contributed by atoms with Crippen molar-refractivity contribution in [3.05, 3.63) is 33.1 Å². The molecule has 2 heterocycles. The van der Waals surface area contributed by atoms with E-state index in [1.165, 1.54) is 12.1 Å². The number of hydrogen-bond acceptors (Lipinski definition) is 8. The van der Waals surface area contributed by atoms with Crippen LogP contribution < -0.4 is 4.80 Å². The standard InChI is InChI=1S/C21H28N4O7S2/c1-2-32-12-11-24-17-8-7-16(25(28)29)13-18(17)33-21(24)22-19(26)14-34(30,31)15-20(27)23-9-5-3-4-6-10-23/h7-8,13H,2-6,9-12,14-15H2,1H3. The zero-order chi connectivity index (χ0) is 24.7. The number of thiazole rings is 1. The predicted molar refractivity (Wildman–Crippen MR) is 127 cm³/mol. The molecule has 1 aliphatic heterocycles. The molecule has 186 valence electrons. The van der Waals surface area contributed by atoms with Crippen LogP contribution in [-0.2, 0) is 30.7 Å². The van der Waals surface area contributed by atoms with Gasteiger partial charge in [0.15, 0.2) is 14.6 Å². The highest BCUT2D eigenvalue weighted by atomic mass is 32.2. The molecule has 3 rings (SSSR count). The lowest BCUT2D eigenvalue weighted by Crippen LogP contribution is -2.37. The molecule has 1 aromatic carbocycles. The van der Waals surface area contributed by atoms with Crippen LogP contribution in [0.2, 0.25) is 0 Å². The molecule has 0 radical (unpaired) electrons. The Morgan fingerprint density at radius 3 is 2.53 bits per heavy atom. The molecule has 2 aromatic rings. The lowest BCUT2D eigenvalue weighted by Gasteiger charge is -2.19. The fourth-order valence-electron chi connectivity index (χ4n) is 3.75. The van der Waals surface area contributed by atoms with Crippen LogP contribution in [0.1, 0.15) is 32.6 Å². The van der Waals surface area contributed by atoms with E-state index in [1.807, 2.05) is 6.92 Å². The van der Waals surface area contributed by atoms with Crippen LogP contribution in [0.4, 0.5) is 5.69 Å². The van der Waals surface area contributed by atoms with Gasteiger partial charge in [0.2, 0.25) is 5.91 Å². The van der Waals surface area contributed by atoms with Crippen molar-refractivity contribution in [2.24, 2.45) is 4.99 Å². The van der Waals surface area contributed by atoms with Crippen LogP contribution in [0.15, 0.2) is 23.2 Å². The largest absolute Gasteiger partial charge is 0.380 e. The maximum atomic E-state index is 12.6. The summed E-state index contributed by atoms with van der Waals surface area (Å²) >= 11 is 1.05. The normalized spacial score (nSPS) is 15.4. The van der Waals surface area contributed by atoms with E-state index in [4.69, 9.17) is 4.74 Å². The van der Waals surface area contributed by atoms with E-state index in [2.05, 4.69) is 4.99 Å². The van der Waals surface area contributed by atoms with Gasteiger partial charge in [-0.15, -0.1) is 0 Å². The third-order valence-electron chi connectivity index (χ3n) is 5.41. The summed E-state index contributed by atoms with van der Waals surface area (Å²) in [5.41, 5.74) is 0.527. The second kappa shape index (κ2) is 11.7. The zero-order valence-electron chi connectivity index (χ0n) is 19.0. The number of amides is 2. The van der Waals surface area contributed by atoms with Gasteiger partial charge in [0.05, 0.1) is 21.7 Å². The van der Waals surface area contributed by atoms with Crippen LogP contribution in [-0.4, -0.2) is 72.4 Å². The van der Waals surface area contributed by atoms with Crippen molar-refractivity contribution in [2.45, 2.75) is 39.2 Å². The molecular weight excluding hydrogens is 484 g/mol. The van der Waals surface area contributed by atoms with Crippen LogP contribution >= 0.6 is 11.3 Å². The van der Waals surface area contributed by atoms with Gasteiger partial charge in [-0.25, -0.2) is 8.42 Å². The monoisotopic (exact) mass is 512 g/mol. The van der Waals surface area contributed by atoms with Gasteiger partial charge in [-0.2, -0.15) is 4.99 Å². The number of nitro benzene ring substituents is 1. The van der Waals surface area contributed by atoms with E-state index in [0.717, 1.165) is 37.0 Å². The van der Waals surface area contributed by atoms with Crippen LogP contribution in [0.3, 0.4) is 0 Å². The molecule has 13 heteroatoms. The number of ether oxygens (including phenoxy) is 1. The maximum Gasteiger partial charge on any atom is 0.270 e. The van der Waals surface area contributed by atoms with Crippen molar-refractivity contribution in [1.82, 2.24) is 9.47 Å². The lowest BCUT2D eigenvalue weighted by atomic mass is 10.2. The molecule has 1 saturated heterocycles. The Hall–Kier alpha value is -2.64. The third-order valence-corrected chi connectivity index (χ3v) is 7.82. The first-order valence-corrected chi connectivity index (χ1v) is 13.8. The SMILES string of the molecule is CCOCCn1c(=NC(=O)CS(=O)(=O)CC(=O)N2CCCCCC2)sc2cc([N+](=O)[O-])ccc21. The molecule has 0 unspecified atom stereocenters. The van der Waals surface area contributed by atoms with Crippen LogP contribution in [0.25, 0.3) is 10.2 Å². The van der Waals surface area contributed by atoms with Crippen molar-refractivity contribution in [1.29, 1.82) is 0 Å². The van der Waals surface area contributed by atoms with E-state index >= 15 is 0 Å². The average Bonchev–Trinajstić information content (AvgIpc) is 2.92. The van der Waals surface area contributed by atoms with Gasteiger partial charge in [0.1, 0.15) is 11.5 Å². The third kappa shape index (κ3) is 6.93. The Labute approximate surface area is 201 Å². The topological polar surface area (TPSA) is 141 Å². The number of likely N-dealkylation sites (tertiary alicyclic amines) is 1. The molecule has 0 aliphatic carbocycles. The van der Waals surface area contributed by atoms with Gasteiger partial charge >= 0.3 is 0 Å². The van der Waals surface area contributed by atoms with Crippen molar-refractivity contribution in [2.75, 3.05) is 37.8 Å². The van der Waals surface area contributed by atoms with Gasteiger partial charge in [-0.05, 0) is 25.8 Å². The summed E-state index contributed by atoms with van der Waals surface area (Å²) in [5, 5.41) is 11.1. The van der Waals surface area contributed by atoms with E-state index in [9.17, 15) is 28.1 Å². The number of rotatable bonds is 9. The first kappa shape index (κ1) is 26.0. The summed E-state index contributed by atoms with van der Waals surface area (Å²) in [4.78, 5) is 41.3. The molecular formula is C21H28N4O7S2. The second-order valence-electron chi connectivity index (χ2n) is 7.98. The molecule has 0 N–H and O–H groups in total. The summed E-state index contributed by atoms with van der Waals surface area (Å²) in [5.74, 6) is -2.99. The van der Waals surface area contributed by atoms with Gasteiger partial charge in [-0.1, -0.05) is 24.2 Å². The Morgan fingerprint density at radius 2 is 1.88 bits per heavy atom. The number of aromatic nitrogens is 1. The molecule has 1 aliphatic rings. The van der Waals surface area contributed by atoms with E-state index in [0.29, 0.717) is 43.1 Å². The highest BCUT2D eigenvalue weighted by molar-refractivity contribution is 7.92. The fourth-order valence-corrected chi connectivity index (χ4v) is 5.96. The smallest absolute Gasteiger partial charge is 0.270 e. The minimum Gasteiger partial charge on any atom is -0.380 e. The van der Waals surface area contributed by atoms with Crippen molar-refractivity contribution < 1.29 is 27.7 Å². The number of nitro groups is 1. The molecule has 1 aromatic heterocycles. The number of carbonyl (C=O) groups excluding carboxylic acids is 2. The van der Waals surface area contributed by atoms with Gasteiger partial charge in [-0.3, -0.25) is 19.7 Å². The Bertz CT molecular complexity index is 1230. The summed E-state index contributed by atoms with van der Waals surface area (Å²) in [6.07, 6.45) is 3.70. The number of carbonyl (C=O) groups is 2. The summed E-state index contributed by atoms with van der Waals surface area (Å²) in [7, 11) is -4.00. The minimum absolute atomic E-state index is 0.0989. The first-order chi connectivity index (χ1) is 16.2. The highest BCUT2D eigenvalue weighted by Crippen LogP contribution is 2.23. The lowest BCUT2D eigenvalue weighted by molar-refractivity contribution is -0.384. The summed E-state index contributed by atoms with van der Waals surface area (Å²) in [6, 6.07) is 4.31. The molecule has 11 nitrogen and oxygen atoms in total. The number of fused-ring (bicyclic) bond motifs is 1. The Kier molecular flexibility index (Phi) is 8.91. The molecule has 0 atom stereocenters. The van der Waals surface area contributed by atoms with Crippen LogP contribution in [0, 0.1) is 10.1 Å². The quantitative estimate of drug-likeness (QED) is 0.284. The molecule has 1 fully saturated rings. The van der Waals surface area contributed by atoms with Crippen molar-refractivity contribution in [3.8, 4) is 0 Å². The Balaban J connectivity index is 1.82. The van der Waals surface area contributed by atoms with Gasteiger partial charge in [0.25, 0.3) is 11.6 Å². The first-order valence-electron chi connectivity index (χ1n) is 11.1. The molecule has 0 bridgehead atoms. The van der Waals surface area contributed by atoms with E-state index in [1.54, 1.807) is 15.5 Å². The average molecular weight is 513 g/mol. The zero-order valence-corrected chi connectivity index (χ0v) is 20.6. The molecule has 34 heavy (non-hydrogen) atoms. The van der Waals surface area contributed by atoms with Gasteiger partial charge < -0.3 is 14.2 Å². The minimum atomic E-state index is -4.00. The maximum absolute atomic E-state index is 12.6. The van der Waals surface area contributed by atoms with Gasteiger partial charge in [0, 0.05) is 38.4 Å². The molecule has 2 amide bonds. The van der Waals surface area contributed by atoms with Crippen molar-refractivity contribution >= 4 is 48.9 Å².